The SMILES string of the molecule is CC(C)n1ncc2c(C(=O)N3CCN(S(=O)(=O)c4ccc(Cl)s4)CC3)cc(C3CC3)nc21. The van der Waals surface area contributed by atoms with Crippen molar-refractivity contribution in [3.05, 3.63) is 40.0 Å². The average Bonchev–Trinajstić information content (AvgIpc) is 3.38. The lowest BCUT2D eigenvalue weighted by molar-refractivity contribution is 0.0700. The number of pyridine rings is 1. The van der Waals surface area contributed by atoms with Crippen LogP contribution in [0.1, 0.15) is 54.7 Å². The zero-order valence-electron chi connectivity index (χ0n) is 17.9. The van der Waals surface area contributed by atoms with Gasteiger partial charge in [-0.2, -0.15) is 9.40 Å². The number of nitrogens with zero attached hydrogens (tertiary/aromatic N) is 5. The van der Waals surface area contributed by atoms with Crippen molar-refractivity contribution in [1.29, 1.82) is 0 Å². The highest BCUT2D eigenvalue weighted by Gasteiger charge is 2.33. The van der Waals surface area contributed by atoms with Gasteiger partial charge in [-0.1, -0.05) is 11.6 Å². The molecule has 4 heterocycles. The molecule has 11 heteroatoms. The Morgan fingerprint density at radius 1 is 1.19 bits per heavy atom. The molecule has 1 saturated heterocycles. The minimum atomic E-state index is -3.60. The molecule has 0 N–H and O–H groups in total. The molecule has 0 radical (unpaired) electrons. The second kappa shape index (κ2) is 8.09. The Kier molecular flexibility index (Phi) is 5.51. The summed E-state index contributed by atoms with van der Waals surface area (Å²) in [6.45, 7) is 5.24. The van der Waals surface area contributed by atoms with Crippen LogP contribution in [0, 0.1) is 0 Å². The Balaban J connectivity index is 1.40. The number of aromatic nitrogens is 3. The van der Waals surface area contributed by atoms with Crippen LogP contribution in [0.3, 0.4) is 0 Å². The van der Waals surface area contributed by atoms with Crippen molar-refractivity contribution in [3.63, 3.8) is 0 Å². The minimum Gasteiger partial charge on any atom is -0.336 e. The minimum absolute atomic E-state index is 0.0983. The second-order valence-corrected chi connectivity index (χ2v) is 12.4. The fraction of sp³-hybridized carbons (Fsp3) is 0.476. The summed E-state index contributed by atoms with van der Waals surface area (Å²) in [7, 11) is -3.60. The summed E-state index contributed by atoms with van der Waals surface area (Å²) in [6, 6.07) is 5.16. The van der Waals surface area contributed by atoms with E-state index in [1.807, 2.05) is 24.6 Å². The number of carbonyl (C=O) groups is 1. The molecular weight excluding hydrogens is 470 g/mol. The number of fused-ring (bicyclic) bond motifs is 1. The third-order valence-corrected chi connectivity index (χ3v) is 9.57. The molecule has 1 saturated carbocycles. The van der Waals surface area contributed by atoms with Crippen LogP contribution in [0.4, 0.5) is 0 Å². The number of amides is 1. The Labute approximate surface area is 195 Å². The van der Waals surface area contributed by atoms with Crippen molar-refractivity contribution in [3.8, 4) is 0 Å². The summed E-state index contributed by atoms with van der Waals surface area (Å²) in [5.41, 5.74) is 2.28. The number of halogens is 1. The highest BCUT2D eigenvalue weighted by Crippen LogP contribution is 2.40. The van der Waals surface area contributed by atoms with Crippen LogP contribution >= 0.6 is 22.9 Å². The first-order valence-corrected chi connectivity index (χ1v) is 13.3. The number of hydrogen-bond acceptors (Lipinski definition) is 6. The molecule has 0 atom stereocenters. The zero-order chi connectivity index (χ0) is 22.6. The molecule has 0 bridgehead atoms. The van der Waals surface area contributed by atoms with Gasteiger partial charge in [0.25, 0.3) is 15.9 Å². The monoisotopic (exact) mass is 493 g/mol. The molecule has 0 spiro atoms. The van der Waals surface area contributed by atoms with Crippen molar-refractivity contribution in [1.82, 2.24) is 24.0 Å². The molecule has 0 unspecified atom stereocenters. The van der Waals surface area contributed by atoms with Crippen LogP contribution in [0.15, 0.2) is 28.6 Å². The lowest BCUT2D eigenvalue weighted by Crippen LogP contribution is -2.50. The molecule has 1 amide bonds. The first-order valence-electron chi connectivity index (χ1n) is 10.7. The molecule has 3 aromatic rings. The molecule has 32 heavy (non-hydrogen) atoms. The van der Waals surface area contributed by atoms with Gasteiger partial charge in [-0.25, -0.2) is 18.1 Å². The Morgan fingerprint density at radius 3 is 2.50 bits per heavy atom. The molecule has 0 aromatic carbocycles. The Bertz CT molecular complexity index is 1290. The van der Waals surface area contributed by atoms with Gasteiger partial charge < -0.3 is 4.90 Å². The fourth-order valence-corrected chi connectivity index (χ4v) is 7.11. The standard InChI is InChI=1S/C21H24ClN5O3S2/c1-13(2)27-20-16(12-23-27)15(11-17(24-20)14-3-4-14)21(28)25-7-9-26(10-8-25)32(29,30)19-6-5-18(22)31-19/h5-6,11-14H,3-4,7-10H2,1-2H3. The summed E-state index contributed by atoms with van der Waals surface area (Å²) in [6.07, 6.45) is 3.89. The highest BCUT2D eigenvalue weighted by molar-refractivity contribution is 7.91. The third kappa shape index (κ3) is 3.83. The van der Waals surface area contributed by atoms with Crippen LogP contribution in [0.2, 0.25) is 4.34 Å². The topological polar surface area (TPSA) is 88.4 Å². The third-order valence-electron chi connectivity index (χ3n) is 5.97. The Morgan fingerprint density at radius 2 is 1.91 bits per heavy atom. The maximum atomic E-state index is 13.5. The van der Waals surface area contributed by atoms with Crippen LogP contribution in [-0.2, 0) is 10.0 Å². The van der Waals surface area contributed by atoms with E-state index in [9.17, 15) is 13.2 Å². The molecular formula is C21H24ClN5O3S2. The summed E-state index contributed by atoms with van der Waals surface area (Å²) in [5, 5.41) is 5.22. The predicted molar refractivity (Wildman–Crippen MR) is 124 cm³/mol. The molecule has 2 aliphatic rings. The van der Waals surface area contributed by atoms with Crippen LogP contribution in [0.5, 0.6) is 0 Å². The fourth-order valence-electron chi connectivity index (χ4n) is 4.05. The van der Waals surface area contributed by atoms with Crippen LogP contribution in [-0.4, -0.2) is 64.5 Å². The van der Waals surface area contributed by atoms with E-state index in [1.54, 1.807) is 17.2 Å². The molecule has 8 nitrogen and oxygen atoms in total. The van der Waals surface area contributed by atoms with E-state index in [-0.39, 0.29) is 29.2 Å². The molecule has 170 valence electrons. The van der Waals surface area contributed by atoms with E-state index in [0.29, 0.717) is 28.9 Å². The van der Waals surface area contributed by atoms with Gasteiger partial charge in [0, 0.05) is 43.8 Å². The summed E-state index contributed by atoms with van der Waals surface area (Å²) in [4.78, 5) is 20.0. The molecule has 3 aromatic heterocycles. The van der Waals surface area contributed by atoms with Crippen molar-refractivity contribution in [2.24, 2.45) is 0 Å². The lowest BCUT2D eigenvalue weighted by atomic mass is 10.1. The molecule has 1 aliphatic carbocycles. The normalized spacial score (nSPS) is 18.1. The smallest absolute Gasteiger partial charge is 0.254 e. The van der Waals surface area contributed by atoms with Crippen molar-refractivity contribution in [2.75, 3.05) is 26.2 Å². The van der Waals surface area contributed by atoms with E-state index in [1.165, 1.54) is 10.4 Å². The van der Waals surface area contributed by atoms with Gasteiger partial charge in [-0.3, -0.25) is 4.79 Å². The largest absolute Gasteiger partial charge is 0.336 e. The van der Waals surface area contributed by atoms with Gasteiger partial charge in [0.1, 0.15) is 4.21 Å². The average molecular weight is 494 g/mol. The molecule has 1 aliphatic heterocycles. The zero-order valence-corrected chi connectivity index (χ0v) is 20.3. The highest BCUT2D eigenvalue weighted by atomic mass is 35.5. The maximum absolute atomic E-state index is 13.5. The summed E-state index contributed by atoms with van der Waals surface area (Å²) >= 11 is 6.96. The van der Waals surface area contributed by atoms with E-state index < -0.39 is 10.0 Å². The summed E-state index contributed by atoms with van der Waals surface area (Å²) < 4.78 is 29.7. The van der Waals surface area contributed by atoms with Gasteiger partial charge in [-0.05, 0) is 44.9 Å². The van der Waals surface area contributed by atoms with Crippen LogP contribution < -0.4 is 0 Å². The van der Waals surface area contributed by atoms with Crippen molar-refractivity contribution < 1.29 is 13.2 Å². The Hall–Kier alpha value is -2.01. The van der Waals surface area contributed by atoms with Gasteiger partial charge >= 0.3 is 0 Å². The second-order valence-electron chi connectivity index (χ2n) is 8.54. The quantitative estimate of drug-likeness (QED) is 0.540. The van der Waals surface area contributed by atoms with Gasteiger partial charge in [0.05, 0.1) is 21.5 Å². The number of hydrogen-bond donors (Lipinski definition) is 0. The first-order chi connectivity index (χ1) is 15.3. The molecule has 2 fully saturated rings. The maximum Gasteiger partial charge on any atom is 0.254 e. The van der Waals surface area contributed by atoms with E-state index in [2.05, 4.69) is 5.10 Å². The number of piperazine rings is 1. The van der Waals surface area contributed by atoms with E-state index in [0.717, 1.165) is 40.9 Å². The van der Waals surface area contributed by atoms with E-state index >= 15 is 0 Å². The first kappa shape index (κ1) is 21.8. The number of rotatable bonds is 5. The van der Waals surface area contributed by atoms with E-state index in [4.69, 9.17) is 16.6 Å². The van der Waals surface area contributed by atoms with Crippen molar-refractivity contribution >= 4 is 49.9 Å². The van der Waals surface area contributed by atoms with Crippen molar-refractivity contribution in [2.45, 2.75) is 42.9 Å². The van der Waals surface area contributed by atoms with Gasteiger partial charge in [0.2, 0.25) is 0 Å². The number of carbonyl (C=O) groups excluding carboxylic acids is 1. The predicted octanol–water partition coefficient (Wildman–Crippen LogP) is 3.75. The number of sulfonamides is 1. The van der Waals surface area contributed by atoms with Gasteiger partial charge in [0.15, 0.2) is 5.65 Å². The number of thiophene rings is 1. The summed E-state index contributed by atoms with van der Waals surface area (Å²) in [5.74, 6) is 0.305. The molecule has 5 rings (SSSR count). The lowest BCUT2D eigenvalue weighted by Gasteiger charge is -2.33. The van der Waals surface area contributed by atoms with Crippen LogP contribution in [0.25, 0.3) is 11.0 Å². The van der Waals surface area contributed by atoms with Gasteiger partial charge in [-0.15, -0.1) is 11.3 Å².